The molecule has 3 N–H and O–H groups in total. The van der Waals surface area contributed by atoms with Gasteiger partial charge in [-0.05, 0) is 45.3 Å². The third kappa shape index (κ3) is 1.09. The standard InChI is InChI=1S/C14H18O4/c1-7-9-8(6-12(2,17)11(9)16)10(15)13(3,18)14(7)4-5-14/h6,11,16-18H,4-5H2,1-3H3/t11-,12-,13+/m1/s1. The summed E-state index contributed by atoms with van der Waals surface area (Å²) in [5.74, 6) is -0.377. The zero-order chi connectivity index (χ0) is 13.5. The summed E-state index contributed by atoms with van der Waals surface area (Å²) >= 11 is 0. The van der Waals surface area contributed by atoms with Crippen molar-refractivity contribution in [2.45, 2.75) is 50.9 Å². The molecule has 3 rings (SSSR count). The third-order valence-corrected chi connectivity index (χ3v) is 5.04. The van der Waals surface area contributed by atoms with E-state index in [9.17, 15) is 20.1 Å². The van der Waals surface area contributed by atoms with Gasteiger partial charge in [-0.2, -0.15) is 0 Å². The topological polar surface area (TPSA) is 77.8 Å². The molecule has 0 bridgehead atoms. The Morgan fingerprint density at radius 2 is 1.83 bits per heavy atom. The summed E-state index contributed by atoms with van der Waals surface area (Å²) in [6.07, 6.45) is 1.81. The molecule has 1 saturated carbocycles. The first-order valence-corrected chi connectivity index (χ1v) is 6.27. The molecule has 0 radical (unpaired) electrons. The van der Waals surface area contributed by atoms with Gasteiger partial charge < -0.3 is 15.3 Å². The molecule has 3 atom stereocenters. The van der Waals surface area contributed by atoms with Crippen molar-refractivity contribution in [3.63, 3.8) is 0 Å². The maximum absolute atomic E-state index is 12.4. The Balaban J connectivity index is 2.28. The van der Waals surface area contributed by atoms with Crippen molar-refractivity contribution in [1.29, 1.82) is 0 Å². The van der Waals surface area contributed by atoms with Crippen LogP contribution in [0.2, 0.25) is 0 Å². The van der Waals surface area contributed by atoms with Crippen LogP contribution in [0.4, 0.5) is 0 Å². The molecule has 1 fully saturated rings. The van der Waals surface area contributed by atoms with Crippen LogP contribution in [-0.2, 0) is 4.79 Å². The molecule has 0 aromatic carbocycles. The van der Waals surface area contributed by atoms with Crippen LogP contribution >= 0.6 is 0 Å². The van der Waals surface area contributed by atoms with Crippen LogP contribution in [0.1, 0.15) is 33.6 Å². The molecule has 3 aliphatic rings. The monoisotopic (exact) mass is 250 g/mol. The van der Waals surface area contributed by atoms with E-state index in [1.165, 1.54) is 13.0 Å². The largest absolute Gasteiger partial charge is 0.385 e. The third-order valence-electron chi connectivity index (χ3n) is 5.04. The van der Waals surface area contributed by atoms with Crippen molar-refractivity contribution in [3.05, 3.63) is 22.8 Å². The second-order valence-corrected chi connectivity index (χ2v) is 6.21. The van der Waals surface area contributed by atoms with Crippen LogP contribution in [0.3, 0.4) is 0 Å². The fourth-order valence-electron chi connectivity index (χ4n) is 3.57. The smallest absolute Gasteiger partial charge is 0.195 e. The predicted octanol–water partition coefficient (Wildman–Crippen LogP) is 0.469. The minimum absolute atomic E-state index is 0.285. The maximum atomic E-state index is 12.4. The number of aliphatic hydroxyl groups excluding tert-OH is 1. The van der Waals surface area contributed by atoms with Gasteiger partial charge in [-0.25, -0.2) is 0 Å². The number of carbonyl (C=O) groups is 1. The molecule has 0 aromatic heterocycles. The lowest BCUT2D eigenvalue weighted by molar-refractivity contribution is -0.138. The van der Waals surface area contributed by atoms with Gasteiger partial charge in [0.25, 0.3) is 0 Å². The number of hydrogen-bond acceptors (Lipinski definition) is 4. The number of fused-ring (bicyclic) bond motifs is 1. The number of Topliss-reactive ketones (excluding diaryl/α,β-unsaturated/α-hetero) is 1. The van der Waals surface area contributed by atoms with E-state index in [4.69, 9.17) is 0 Å². The van der Waals surface area contributed by atoms with E-state index < -0.39 is 22.7 Å². The minimum atomic E-state index is -1.43. The predicted molar refractivity (Wildman–Crippen MR) is 64.7 cm³/mol. The van der Waals surface area contributed by atoms with E-state index in [0.717, 1.165) is 18.4 Å². The van der Waals surface area contributed by atoms with Crippen LogP contribution in [0, 0.1) is 5.41 Å². The Bertz CT molecular complexity index is 518. The Kier molecular flexibility index (Phi) is 1.98. The first kappa shape index (κ1) is 12.1. The fraction of sp³-hybridized carbons (Fsp3) is 0.643. The number of hydrogen-bond donors (Lipinski definition) is 3. The van der Waals surface area contributed by atoms with Crippen molar-refractivity contribution in [3.8, 4) is 0 Å². The highest BCUT2D eigenvalue weighted by Gasteiger charge is 2.66. The van der Waals surface area contributed by atoms with Gasteiger partial charge in [-0.15, -0.1) is 0 Å². The average molecular weight is 250 g/mol. The summed E-state index contributed by atoms with van der Waals surface area (Å²) < 4.78 is 0. The summed E-state index contributed by atoms with van der Waals surface area (Å²) in [6.45, 7) is 4.87. The Labute approximate surface area is 106 Å². The maximum Gasteiger partial charge on any atom is 0.195 e. The van der Waals surface area contributed by atoms with Gasteiger partial charge in [0.15, 0.2) is 5.78 Å². The fourth-order valence-corrected chi connectivity index (χ4v) is 3.57. The van der Waals surface area contributed by atoms with E-state index in [2.05, 4.69) is 0 Å². The first-order valence-electron chi connectivity index (χ1n) is 6.27. The van der Waals surface area contributed by atoms with Gasteiger partial charge in [0.1, 0.15) is 17.3 Å². The van der Waals surface area contributed by atoms with E-state index >= 15 is 0 Å². The second-order valence-electron chi connectivity index (χ2n) is 6.21. The van der Waals surface area contributed by atoms with Crippen LogP contribution < -0.4 is 0 Å². The molecule has 0 aromatic rings. The van der Waals surface area contributed by atoms with Crippen LogP contribution in [0.5, 0.6) is 0 Å². The molecule has 0 saturated heterocycles. The van der Waals surface area contributed by atoms with Crippen molar-refractivity contribution < 1.29 is 20.1 Å². The second kappa shape index (κ2) is 2.95. The highest BCUT2D eigenvalue weighted by Crippen LogP contribution is 2.64. The number of rotatable bonds is 0. The zero-order valence-electron chi connectivity index (χ0n) is 10.8. The molecule has 3 aliphatic carbocycles. The van der Waals surface area contributed by atoms with Crippen molar-refractivity contribution in [2.24, 2.45) is 5.41 Å². The molecule has 0 unspecified atom stereocenters. The number of aliphatic hydroxyl groups is 3. The molecule has 4 nitrogen and oxygen atoms in total. The Morgan fingerprint density at radius 3 is 2.33 bits per heavy atom. The quantitative estimate of drug-likeness (QED) is 0.584. The number of ketones is 1. The summed E-state index contributed by atoms with van der Waals surface area (Å²) in [4.78, 5) is 12.4. The van der Waals surface area contributed by atoms with Crippen LogP contribution in [0.25, 0.3) is 0 Å². The lowest BCUT2D eigenvalue weighted by Gasteiger charge is -2.39. The molecular weight excluding hydrogens is 232 g/mol. The molecule has 0 amide bonds. The van der Waals surface area contributed by atoms with Gasteiger partial charge in [0.2, 0.25) is 0 Å². The van der Waals surface area contributed by atoms with Crippen LogP contribution in [-0.4, -0.2) is 38.4 Å². The summed E-state index contributed by atoms with van der Waals surface area (Å²) in [5.41, 5.74) is -1.73. The van der Waals surface area contributed by atoms with Crippen molar-refractivity contribution in [2.75, 3.05) is 0 Å². The van der Waals surface area contributed by atoms with Crippen molar-refractivity contribution >= 4 is 5.78 Å². The van der Waals surface area contributed by atoms with Gasteiger partial charge in [0, 0.05) is 11.0 Å². The SMILES string of the molecule is CC1=C2C(=C[C@@](C)(O)[C@@H]2O)C(=O)[C@](C)(O)C12CC2. The first-order chi connectivity index (χ1) is 8.15. The molecule has 0 heterocycles. The molecule has 1 spiro atoms. The molecule has 18 heavy (non-hydrogen) atoms. The molecule has 98 valence electrons. The summed E-state index contributed by atoms with van der Waals surface area (Å²) in [7, 11) is 0. The van der Waals surface area contributed by atoms with Crippen LogP contribution in [0.15, 0.2) is 22.8 Å². The van der Waals surface area contributed by atoms with Gasteiger partial charge >= 0.3 is 0 Å². The Morgan fingerprint density at radius 1 is 1.28 bits per heavy atom. The molecule has 0 aliphatic heterocycles. The van der Waals surface area contributed by atoms with E-state index in [-0.39, 0.29) is 11.4 Å². The lowest BCUT2D eigenvalue weighted by atomic mass is 9.68. The van der Waals surface area contributed by atoms with E-state index in [1.54, 1.807) is 6.92 Å². The molecular formula is C14H18O4. The average Bonchev–Trinajstić information content (AvgIpc) is 3.02. The normalized spacial score (nSPS) is 45.3. The van der Waals surface area contributed by atoms with Gasteiger partial charge in [-0.3, -0.25) is 4.79 Å². The number of carbonyl (C=O) groups excluding carboxylic acids is 1. The zero-order valence-corrected chi connectivity index (χ0v) is 10.8. The summed E-state index contributed by atoms with van der Waals surface area (Å²) in [6, 6.07) is 0. The van der Waals surface area contributed by atoms with Gasteiger partial charge in [-0.1, -0.05) is 5.57 Å². The lowest BCUT2D eigenvalue weighted by Crippen LogP contribution is -2.50. The highest BCUT2D eigenvalue weighted by atomic mass is 16.3. The summed E-state index contributed by atoms with van der Waals surface area (Å²) in [5, 5.41) is 30.8. The highest BCUT2D eigenvalue weighted by molar-refractivity contribution is 6.09. The van der Waals surface area contributed by atoms with Gasteiger partial charge in [0.05, 0.1) is 0 Å². The Hall–Kier alpha value is -0.970. The molecule has 4 heteroatoms. The van der Waals surface area contributed by atoms with E-state index in [1.807, 2.05) is 6.92 Å². The van der Waals surface area contributed by atoms with Crippen molar-refractivity contribution in [1.82, 2.24) is 0 Å². The van der Waals surface area contributed by atoms with E-state index in [0.29, 0.717) is 5.57 Å². The minimum Gasteiger partial charge on any atom is -0.385 e.